The molecule has 0 aliphatic rings. The van der Waals surface area contributed by atoms with E-state index in [0.717, 1.165) is 22.4 Å². The van der Waals surface area contributed by atoms with Gasteiger partial charge in [0.2, 0.25) is 5.91 Å². The van der Waals surface area contributed by atoms with E-state index in [-0.39, 0.29) is 5.91 Å². The van der Waals surface area contributed by atoms with E-state index in [2.05, 4.69) is 10.3 Å². The minimum absolute atomic E-state index is 0.340. The van der Waals surface area contributed by atoms with Gasteiger partial charge in [-0.15, -0.1) is 0 Å². The molecule has 0 saturated carbocycles. The second-order valence-electron chi connectivity index (χ2n) is 7.37. The zero-order chi connectivity index (χ0) is 23.9. The first-order valence-electron chi connectivity index (χ1n) is 10.5. The second kappa shape index (κ2) is 10.7. The lowest BCUT2D eigenvalue weighted by molar-refractivity contribution is -0.111. The monoisotopic (exact) mass is 474 g/mol. The van der Waals surface area contributed by atoms with E-state index in [9.17, 15) is 4.79 Å². The van der Waals surface area contributed by atoms with Crippen molar-refractivity contribution in [2.24, 2.45) is 0 Å². The Hall–Kier alpha value is -4.10. The Morgan fingerprint density at radius 1 is 1.09 bits per heavy atom. The lowest BCUT2D eigenvalue weighted by Gasteiger charge is -2.12. The number of hydrogen-bond donors (Lipinski definition) is 1. The largest absolute Gasteiger partial charge is 0.495 e. The first-order chi connectivity index (χ1) is 16.6. The van der Waals surface area contributed by atoms with Crippen LogP contribution < -0.4 is 14.8 Å². The number of benzene rings is 2. The number of halogens is 1. The molecule has 0 bridgehead atoms. The number of amides is 1. The molecule has 4 aromatic rings. The quantitative estimate of drug-likeness (QED) is 0.350. The molecule has 0 unspecified atom stereocenters. The van der Waals surface area contributed by atoms with Crippen LogP contribution in [-0.2, 0) is 11.3 Å². The normalized spacial score (nSPS) is 10.9. The molecule has 0 saturated heterocycles. The number of ether oxygens (including phenoxy) is 2. The molecule has 2 heterocycles. The van der Waals surface area contributed by atoms with Crippen LogP contribution in [0.2, 0.25) is 5.02 Å². The van der Waals surface area contributed by atoms with Gasteiger partial charge in [0, 0.05) is 41.9 Å². The van der Waals surface area contributed by atoms with E-state index in [4.69, 9.17) is 26.2 Å². The van der Waals surface area contributed by atoms with Gasteiger partial charge in [0.05, 0.1) is 31.5 Å². The zero-order valence-electron chi connectivity index (χ0n) is 18.7. The van der Waals surface area contributed by atoms with Crippen LogP contribution in [0.4, 0.5) is 5.69 Å². The molecule has 0 atom stereocenters. The Morgan fingerprint density at radius 3 is 2.59 bits per heavy atom. The number of nitrogens with one attached hydrogen (secondary N) is 1. The Balaban J connectivity index is 1.59. The van der Waals surface area contributed by atoms with Gasteiger partial charge >= 0.3 is 0 Å². The molecule has 172 valence electrons. The van der Waals surface area contributed by atoms with Crippen LogP contribution in [0.5, 0.6) is 11.5 Å². The van der Waals surface area contributed by atoms with Crippen molar-refractivity contribution in [2.45, 2.75) is 6.54 Å². The van der Waals surface area contributed by atoms with E-state index in [1.807, 2.05) is 53.3 Å². The van der Waals surface area contributed by atoms with Gasteiger partial charge in [0.1, 0.15) is 17.2 Å². The van der Waals surface area contributed by atoms with Crippen LogP contribution in [0, 0.1) is 0 Å². The highest BCUT2D eigenvalue weighted by Crippen LogP contribution is 2.36. The number of aromatic nitrogens is 3. The number of carbonyl (C=O) groups excluding carboxylic acids is 1. The molecule has 4 rings (SSSR count). The summed E-state index contributed by atoms with van der Waals surface area (Å²) in [5.74, 6) is 0.557. The van der Waals surface area contributed by atoms with Crippen LogP contribution in [-0.4, -0.2) is 34.9 Å². The molecule has 0 aliphatic heterocycles. The molecule has 34 heavy (non-hydrogen) atoms. The smallest absolute Gasteiger partial charge is 0.248 e. The van der Waals surface area contributed by atoms with Crippen molar-refractivity contribution in [3.05, 3.63) is 95.4 Å². The Kier molecular flexibility index (Phi) is 7.25. The first kappa shape index (κ1) is 23.1. The number of hydrogen-bond acceptors (Lipinski definition) is 5. The Labute approximate surface area is 202 Å². The molecule has 8 heteroatoms. The van der Waals surface area contributed by atoms with Gasteiger partial charge in [-0.25, -0.2) is 0 Å². The minimum atomic E-state index is -0.340. The SMILES string of the molecule is COc1cc(OC)c(NC(=O)C=Cc2cn(Cc3ccccc3)nc2-c2cccnc2)cc1Cl. The Bertz CT molecular complexity index is 1300. The summed E-state index contributed by atoms with van der Waals surface area (Å²) in [6.45, 7) is 0.607. The van der Waals surface area contributed by atoms with Gasteiger partial charge in [-0.1, -0.05) is 41.9 Å². The van der Waals surface area contributed by atoms with Crippen molar-refractivity contribution in [1.29, 1.82) is 0 Å². The summed E-state index contributed by atoms with van der Waals surface area (Å²) in [5, 5.41) is 7.90. The van der Waals surface area contributed by atoms with E-state index >= 15 is 0 Å². The fourth-order valence-electron chi connectivity index (χ4n) is 3.44. The molecule has 2 aromatic carbocycles. The summed E-state index contributed by atoms with van der Waals surface area (Å²) in [4.78, 5) is 16.9. The van der Waals surface area contributed by atoms with Crippen LogP contribution >= 0.6 is 11.6 Å². The number of anilines is 1. The highest BCUT2D eigenvalue weighted by atomic mass is 35.5. The van der Waals surface area contributed by atoms with Gasteiger partial charge in [-0.05, 0) is 29.8 Å². The van der Waals surface area contributed by atoms with E-state index < -0.39 is 0 Å². The molecule has 0 radical (unpaired) electrons. The number of pyridine rings is 1. The van der Waals surface area contributed by atoms with Gasteiger partial charge in [-0.2, -0.15) is 5.10 Å². The van der Waals surface area contributed by atoms with Gasteiger partial charge in [0.15, 0.2) is 0 Å². The molecular formula is C26H23ClN4O3. The predicted molar refractivity (Wildman–Crippen MR) is 133 cm³/mol. The lowest BCUT2D eigenvalue weighted by Crippen LogP contribution is -2.09. The average Bonchev–Trinajstić information content (AvgIpc) is 3.26. The number of methoxy groups -OCH3 is 2. The highest BCUT2D eigenvalue weighted by Gasteiger charge is 2.13. The summed E-state index contributed by atoms with van der Waals surface area (Å²) in [6, 6.07) is 17.0. The Morgan fingerprint density at radius 2 is 1.88 bits per heavy atom. The van der Waals surface area contributed by atoms with Crippen molar-refractivity contribution in [3.63, 3.8) is 0 Å². The maximum Gasteiger partial charge on any atom is 0.248 e. The maximum absolute atomic E-state index is 12.7. The number of rotatable bonds is 8. The molecule has 0 fully saturated rings. The van der Waals surface area contributed by atoms with E-state index in [0.29, 0.717) is 28.8 Å². The second-order valence-corrected chi connectivity index (χ2v) is 7.77. The summed E-state index contributed by atoms with van der Waals surface area (Å²) >= 11 is 6.21. The van der Waals surface area contributed by atoms with E-state index in [1.165, 1.54) is 20.3 Å². The summed E-state index contributed by atoms with van der Waals surface area (Å²) in [7, 11) is 3.02. The van der Waals surface area contributed by atoms with Crippen molar-refractivity contribution in [2.75, 3.05) is 19.5 Å². The third-order valence-corrected chi connectivity index (χ3v) is 5.35. The predicted octanol–water partition coefficient (Wildman–Crippen LogP) is 5.32. The third kappa shape index (κ3) is 5.44. The van der Waals surface area contributed by atoms with Crippen molar-refractivity contribution in [1.82, 2.24) is 14.8 Å². The minimum Gasteiger partial charge on any atom is -0.495 e. The van der Waals surface area contributed by atoms with Crippen LogP contribution in [0.1, 0.15) is 11.1 Å². The molecule has 2 aromatic heterocycles. The zero-order valence-corrected chi connectivity index (χ0v) is 19.5. The van der Waals surface area contributed by atoms with E-state index in [1.54, 1.807) is 30.6 Å². The number of nitrogens with zero attached hydrogens (tertiary/aromatic N) is 3. The molecular weight excluding hydrogens is 452 g/mol. The van der Waals surface area contributed by atoms with Crippen molar-refractivity contribution < 1.29 is 14.3 Å². The van der Waals surface area contributed by atoms with Gasteiger partial charge < -0.3 is 14.8 Å². The van der Waals surface area contributed by atoms with Gasteiger partial charge in [-0.3, -0.25) is 14.5 Å². The van der Waals surface area contributed by atoms with Crippen LogP contribution in [0.3, 0.4) is 0 Å². The molecule has 7 nitrogen and oxygen atoms in total. The molecule has 0 aliphatic carbocycles. The third-order valence-electron chi connectivity index (χ3n) is 5.06. The summed E-state index contributed by atoms with van der Waals surface area (Å²) in [5.41, 5.74) is 3.95. The molecule has 1 amide bonds. The molecule has 0 spiro atoms. The summed E-state index contributed by atoms with van der Waals surface area (Å²) < 4.78 is 12.4. The van der Waals surface area contributed by atoms with Crippen LogP contribution in [0.25, 0.3) is 17.3 Å². The molecule has 1 N–H and O–H groups in total. The van der Waals surface area contributed by atoms with Crippen LogP contribution in [0.15, 0.2) is 79.3 Å². The lowest BCUT2D eigenvalue weighted by atomic mass is 10.1. The standard InChI is InChI=1S/C26H23ClN4O3/c1-33-23-14-24(34-2)22(13-21(23)27)29-25(32)11-10-20-17-31(16-18-7-4-3-5-8-18)30-26(20)19-9-6-12-28-15-19/h3-15,17H,16H2,1-2H3,(H,29,32). The maximum atomic E-state index is 12.7. The fourth-order valence-corrected chi connectivity index (χ4v) is 3.68. The van der Waals surface area contributed by atoms with Crippen molar-refractivity contribution in [3.8, 4) is 22.8 Å². The highest BCUT2D eigenvalue weighted by molar-refractivity contribution is 6.32. The first-order valence-corrected chi connectivity index (χ1v) is 10.9. The topological polar surface area (TPSA) is 78.3 Å². The number of carbonyl (C=O) groups is 1. The fraction of sp³-hybridized carbons (Fsp3) is 0.115. The summed E-state index contributed by atoms with van der Waals surface area (Å²) in [6.07, 6.45) is 8.53. The average molecular weight is 475 g/mol. The van der Waals surface area contributed by atoms with Gasteiger partial charge in [0.25, 0.3) is 0 Å². The van der Waals surface area contributed by atoms with Crippen molar-refractivity contribution >= 4 is 29.3 Å².